The largest absolute Gasteiger partial charge is 0.273 e. The fourth-order valence-electron chi connectivity index (χ4n) is 2.83. The molecule has 1 aromatic rings. The lowest BCUT2D eigenvalue weighted by molar-refractivity contribution is -0.121. The molecule has 0 bridgehead atoms. The SMILES string of the molecule is CC1(F)C=C(C2=NNC(=O)CC2)C=CC1c1ccccc1F. The van der Waals surface area contributed by atoms with Gasteiger partial charge in [0.05, 0.1) is 5.71 Å². The van der Waals surface area contributed by atoms with Gasteiger partial charge in [0.15, 0.2) is 0 Å². The summed E-state index contributed by atoms with van der Waals surface area (Å²) in [6.45, 7) is 1.43. The Morgan fingerprint density at radius 3 is 2.73 bits per heavy atom. The number of hydrogen-bond acceptors (Lipinski definition) is 2. The van der Waals surface area contributed by atoms with Crippen LogP contribution in [-0.4, -0.2) is 17.3 Å². The van der Waals surface area contributed by atoms with Crippen LogP contribution in [0.5, 0.6) is 0 Å². The van der Waals surface area contributed by atoms with Gasteiger partial charge < -0.3 is 0 Å². The van der Waals surface area contributed by atoms with Crippen molar-refractivity contribution < 1.29 is 13.6 Å². The van der Waals surface area contributed by atoms with Crippen molar-refractivity contribution >= 4 is 11.6 Å². The highest BCUT2D eigenvalue weighted by molar-refractivity contribution is 6.06. The van der Waals surface area contributed by atoms with Crippen LogP contribution in [0.25, 0.3) is 0 Å². The van der Waals surface area contributed by atoms with Crippen LogP contribution in [0.2, 0.25) is 0 Å². The number of benzene rings is 1. The van der Waals surface area contributed by atoms with Gasteiger partial charge in [0.2, 0.25) is 5.91 Å². The summed E-state index contributed by atoms with van der Waals surface area (Å²) in [5, 5.41) is 3.97. The summed E-state index contributed by atoms with van der Waals surface area (Å²) in [6, 6.07) is 6.21. The average molecular weight is 302 g/mol. The number of nitrogens with one attached hydrogen (secondary N) is 1. The Bertz CT molecular complexity index is 704. The first-order valence-electron chi connectivity index (χ1n) is 7.17. The molecule has 114 valence electrons. The molecule has 3 nitrogen and oxygen atoms in total. The van der Waals surface area contributed by atoms with Gasteiger partial charge in [0, 0.05) is 18.8 Å². The lowest BCUT2D eigenvalue weighted by atomic mass is 9.78. The van der Waals surface area contributed by atoms with E-state index in [1.807, 2.05) is 0 Å². The summed E-state index contributed by atoms with van der Waals surface area (Å²) in [4.78, 5) is 11.1. The molecule has 0 saturated carbocycles. The van der Waals surface area contributed by atoms with Crippen molar-refractivity contribution in [3.63, 3.8) is 0 Å². The molecule has 0 saturated heterocycles. The van der Waals surface area contributed by atoms with Crippen molar-refractivity contribution in [2.75, 3.05) is 0 Å². The third-order valence-corrected chi connectivity index (χ3v) is 3.99. The highest BCUT2D eigenvalue weighted by Crippen LogP contribution is 2.39. The predicted octanol–water partition coefficient (Wildman–Crippen LogP) is 3.40. The molecule has 2 atom stereocenters. The fourth-order valence-corrected chi connectivity index (χ4v) is 2.83. The average Bonchev–Trinajstić information content (AvgIpc) is 2.48. The Balaban J connectivity index is 1.91. The fraction of sp³-hybridized carbons (Fsp3) is 0.294. The van der Waals surface area contributed by atoms with Gasteiger partial charge in [0.1, 0.15) is 11.5 Å². The number of alkyl halides is 1. The number of hydrazone groups is 1. The van der Waals surface area contributed by atoms with Crippen LogP contribution in [0, 0.1) is 5.82 Å². The molecular weight excluding hydrogens is 286 g/mol. The summed E-state index contributed by atoms with van der Waals surface area (Å²) in [5.74, 6) is -1.24. The van der Waals surface area contributed by atoms with Gasteiger partial charge >= 0.3 is 0 Å². The zero-order valence-electron chi connectivity index (χ0n) is 12.1. The van der Waals surface area contributed by atoms with Crippen molar-refractivity contribution in [2.45, 2.75) is 31.4 Å². The molecule has 5 heteroatoms. The molecule has 22 heavy (non-hydrogen) atoms. The second-order valence-corrected chi connectivity index (χ2v) is 5.70. The van der Waals surface area contributed by atoms with Crippen LogP contribution in [0.4, 0.5) is 8.78 Å². The minimum Gasteiger partial charge on any atom is -0.273 e. The molecule has 1 aliphatic heterocycles. The Hall–Kier alpha value is -2.30. The first-order chi connectivity index (χ1) is 10.5. The molecule has 1 N–H and O–H groups in total. The number of allylic oxidation sites excluding steroid dienone is 4. The molecule has 3 rings (SSSR count). The van der Waals surface area contributed by atoms with E-state index in [4.69, 9.17) is 0 Å². The normalized spacial score (nSPS) is 28.0. The molecule has 2 unspecified atom stereocenters. The van der Waals surface area contributed by atoms with Gasteiger partial charge in [-0.2, -0.15) is 5.10 Å². The number of carbonyl (C=O) groups excluding carboxylic acids is 1. The molecule has 0 radical (unpaired) electrons. The predicted molar refractivity (Wildman–Crippen MR) is 80.7 cm³/mol. The van der Waals surface area contributed by atoms with Crippen LogP contribution in [0.15, 0.2) is 53.2 Å². The number of halogens is 2. The molecule has 1 aliphatic carbocycles. The number of rotatable bonds is 2. The quantitative estimate of drug-likeness (QED) is 0.894. The van der Waals surface area contributed by atoms with E-state index >= 15 is 4.39 Å². The Morgan fingerprint density at radius 2 is 2.09 bits per heavy atom. The van der Waals surface area contributed by atoms with Crippen LogP contribution in [-0.2, 0) is 4.79 Å². The van der Waals surface area contributed by atoms with E-state index in [0.29, 0.717) is 29.7 Å². The van der Waals surface area contributed by atoms with Crippen LogP contribution < -0.4 is 5.43 Å². The van der Waals surface area contributed by atoms with Gasteiger partial charge in [-0.1, -0.05) is 30.4 Å². The van der Waals surface area contributed by atoms with Gasteiger partial charge in [-0.05, 0) is 30.2 Å². The third-order valence-electron chi connectivity index (χ3n) is 3.99. The van der Waals surface area contributed by atoms with Crippen molar-refractivity contribution in [2.24, 2.45) is 5.10 Å². The van der Waals surface area contributed by atoms with Gasteiger partial charge in [-0.15, -0.1) is 0 Å². The molecule has 1 amide bonds. The van der Waals surface area contributed by atoms with Gasteiger partial charge in [-0.3, -0.25) is 4.79 Å². The topological polar surface area (TPSA) is 41.5 Å². The minimum absolute atomic E-state index is 0.142. The van der Waals surface area contributed by atoms with E-state index in [1.165, 1.54) is 19.1 Å². The van der Waals surface area contributed by atoms with E-state index in [9.17, 15) is 9.18 Å². The molecule has 0 fully saturated rings. The maximum absolute atomic E-state index is 15.0. The first-order valence-corrected chi connectivity index (χ1v) is 7.17. The maximum atomic E-state index is 15.0. The van der Waals surface area contributed by atoms with Crippen molar-refractivity contribution in [1.82, 2.24) is 5.43 Å². The Morgan fingerprint density at radius 1 is 1.32 bits per heavy atom. The highest BCUT2D eigenvalue weighted by atomic mass is 19.1. The zero-order chi connectivity index (χ0) is 15.7. The molecule has 0 spiro atoms. The summed E-state index contributed by atoms with van der Waals surface area (Å²) in [5.41, 5.74) is 2.29. The summed E-state index contributed by atoms with van der Waals surface area (Å²) >= 11 is 0. The monoisotopic (exact) mass is 302 g/mol. The second kappa shape index (κ2) is 5.48. The molecule has 0 aromatic heterocycles. The first kappa shape index (κ1) is 14.6. The van der Waals surface area contributed by atoms with Crippen LogP contribution in [0.1, 0.15) is 31.2 Å². The van der Waals surface area contributed by atoms with Crippen molar-refractivity contribution in [3.8, 4) is 0 Å². The van der Waals surface area contributed by atoms with Crippen LogP contribution >= 0.6 is 0 Å². The molecular formula is C17H16F2N2O. The van der Waals surface area contributed by atoms with E-state index in [2.05, 4.69) is 10.5 Å². The molecule has 2 aliphatic rings. The highest BCUT2D eigenvalue weighted by Gasteiger charge is 2.36. The summed E-state index contributed by atoms with van der Waals surface area (Å²) < 4.78 is 29.0. The number of nitrogens with zero attached hydrogens (tertiary/aromatic N) is 1. The summed E-state index contributed by atoms with van der Waals surface area (Å²) in [7, 11) is 0. The Kier molecular flexibility index (Phi) is 3.64. The number of hydrogen-bond donors (Lipinski definition) is 1. The number of carbonyl (C=O) groups is 1. The molecule has 1 aromatic carbocycles. The van der Waals surface area contributed by atoms with E-state index in [1.54, 1.807) is 30.4 Å². The lowest BCUT2D eigenvalue weighted by Crippen LogP contribution is -2.31. The van der Waals surface area contributed by atoms with E-state index in [0.717, 1.165) is 0 Å². The van der Waals surface area contributed by atoms with E-state index < -0.39 is 17.4 Å². The van der Waals surface area contributed by atoms with Gasteiger partial charge in [0.25, 0.3) is 0 Å². The lowest BCUT2D eigenvalue weighted by Gasteiger charge is -2.30. The maximum Gasteiger partial charge on any atom is 0.240 e. The van der Waals surface area contributed by atoms with E-state index in [-0.39, 0.29) is 5.91 Å². The standard InChI is InChI=1S/C17H16F2N2O/c1-17(19)10-11(15-8-9-16(22)21-20-15)6-7-13(17)12-4-2-3-5-14(12)18/h2-7,10,13H,8-9H2,1H3,(H,21,22). The summed E-state index contributed by atoms with van der Waals surface area (Å²) in [6.07, 6.45) is 5.67. The number of amides is 1. The third kappa shape index (κ3) is 2.71. The minimum atomic E-state index is -1.73. The Labute approximate surface area is 127 Å². The van der Waals surface area contributed by atoms with Crippen LogP contribution in [0.3, 0.4) is 0 Å². The molecule has 1 heterocycles. The van der Waals surface area contributed by atoms with Gasteiger partial charge in [-0.25, -0.2) is 14.2 Å². The smallest absolute Gasteiger partial charge is 0.240 e. The van der Waals surface area contributed by atoms with Crippen molar-refractivity contribution in [1.29, 1.82) is 0 Å². The second-order valence-electron chi connectivity index (χ2n) is 5.70. The zero-order valence-corrected chi connectivity index (χ0v) is 12.1. The van der Waals surface area contributed by atoms with Crippen molar-refractivity contribution in [3.05, 3.63) is 59.4 Å².